The summed E-state index contributed by atoms with van der Waals surface area (Å²) in [7, 11) is 1.41. The lowest BCUT2D eigenvalue weighted by molar-refractivity contribution is 0.0685. The van der Waals surface area contributed by atoms with Crippen LogP contribution in [0.1, 0.15) is 10.5 Å². The number of morpholine rings is 1. The van der Waals surface area contributed by atoms with Gasteiger partial charge in [0, 0.05) is 19.2 Å². The molecule has 2 rings (SSSR count). The highest BCUT2D eigenvalue weighted by Crippen LogP contribution is 2.21. The summed E-state index contributed by atoms with van der Waals surface area (Å²) >= 11 is 0. The third-order valence-electron chi connectivity index (χ3n) is 2.50. The number of hydrogen-bond acceptors (Lipinski definition) is 6. The molecule has 7 nitrogen and oxygen atoms in total. The van der Waals surface area contributed by atoms with Gasteiger partial charge in [0.2, 0.25) is 5.69 Å². The molecule has 1 saturated heterocycles. The lowest BCUT2D eigenvalue weighted by Crippen LogP contribution is -2.37. The molecule has 1 fully saturated rings. The van der Waals surface area contributed by atoms with E-state index in [-0.39, 0.29) is 11.4 Å². The van der Waals surface area contributed by atoms with E-state index in [9.17, 15) is 4.79 Å². The molecular weight excluding hydrogens is 226 g/mol. The molecule has 2 heterocycles. The molecule has 92 valence electrons. The minimum atomic E-state index is -1.15. The van der Waals surface area contributed by atoms with Crippen LogP contribution in [-0.4, -0.2) is 54.7 Å². The normalized spacial score (nSPS) is 15.7. The van der Waals surface area contributed by atoms with E-state index < -0.39 is 5.97 Å². The Bertz CT molecular complexity index is 418. The van der Waals surface area contributed by atoms with Crippen LogP contribution < -0.4 is 9.64 Å². The van der Waals surface area contributed by atoms with Gasteiger partial charge in [0.1, 0.15) is 0 Å². The number of anilines is 1. The maximum atomic E-state index is 10.9. The minimum Gasteiger partial charge on any atom is -0.494 e. The van der Waals surface area contributed by atoms with Crippen molar-refractivity contribution >= 4 is 11.8 Å². The lowest BCUT2D eigenvalue weighted by atomic mass is 10.3. The third-order valence-corrected chi connectivity index (χ3v) is 2.50. The second kappa shape index (κ2) is 4.96. The van der Waals surface area contributed by atoms with Crippen molar-refractivity contribution in [3.63, 3.8) is 0 Å². The van der Waals surface area contributed by atoms with Crippen LogP contribution in [0.2, 0.25) is 0 Å². The molecule has 0 saturated carbocycles. The van der Waals surface area contributed by atoms with Crippen molar-refractivity contribution in [1.29, 1.82) is 0 Å². The highest BCUT2D eigenvalue weighted by atomic mass is 16.5. The molecule has 1 N–H and O–H groups in total. The first-order chi connectivity index (χ1) is 8.22. The number of nitrogens with zero attached hydrogens (tertiary/aromatic N) is 3. The Labute approximate surface area is 98.0 Å². The number of aromatic carboxylic acids is 1. The Morgan fingerprint density at radius 2 is 2.18 bits per heavy atom. The standard InChI is InChI=1S/C10H13N3O4/c1-16-7-6-8(11-12-9(7)10(14)15)13-2-4-17-5-3-13/h6H,2-5H2,1H3,(H,14,15). The fourth-order valence-electron chi connectivity index (χ4n) is 1.62. The van der Waals surface area contributed by atoms with Crippen molar-refractivity contribution in [3.05, 3.63) is 11.8 Å². The summed E-state index contributed by atoms with van der Waals surface area (Å²) < 4.78 is 10.2. The monoisotopic (exact) mass is 239 g/mol. The first-order valence-corrected chi connectivity index (χ1v) is 5.20. The van der Waals surface area contributed by atoms with Gasteiger partial charge in [-0.1, -0.05) is 0 Å². The van der Waals surface area contributed by atoms with E-state index >= 15 is 0 Å². The predicted molar refractivity (Wildman–Crippen MR) is 58.6 cm³/mol. The van der Waals surface area contributed by atoms with E-state index in [1.165, 1.54) is 7.11 Å². The van der Waals surface area contributed by atoms with E-state index in [1.807, 2.05) is 4.90 Å². The van der Waals surface area contributed by atoms with Crippen LogP contribution in [-0.2, 0) is 4.74 Å². The van der Waals surface area contributed by atoms with Gasteiger partial charge in [-0.05, 0) is 0 Å². The van der Waals surface area contributed by atoms with Gasteiger partial charge in [-0.15, -0.1) is 10.2 Å². The van der Waals surface area contributed by atoms with Gasteiger partial charge in [0.15, 0.2) is 11.6 Å². The molecule has 0 spiro atoms. The number of carboxylic acids is 1. The summed E-state index contributed by atoms with van der Waals surface area (Å²) in [6, 6.07) is 1.59. The zero-order valence-electron chi connectivity index (χ0n) is 9.42. The fraction of sp³-hybridized carbons (Fsp3) is 0.500. The van der Waals surface area contributed by atoms with Crippen LogP contribution in [0.15, 0.2) is 6.07 Å². The second-order valence-electron chi connectivity index (χ2n) is 3.52. The van der Waals surface area contributed by atoms with E-state index in [0.717, 1.165) is 0 Å². The summed E-state index contributed by atoms with van der Waals surface area (Å²) in [5.41, 5.74) is -0.176. The Morgan fingerprint density at radius 3 is 2.76 bits per heavy atom. The Hall–Kier alpha value is -1.89. The summed E-state index contributed by atoms with van der Waals surface area (Å²) in [5.74, 6) is -0.327. The van der Waals surface area contributed by atoms with Crippen LogP contribution in [0.4, 0.5) is 5.82 Å². The first-order valence-electron chi connectivity index (χ1n) is 5.20. The van der Waals surface area contributed by atoms with Crippen molar-refractivity contribution in [2.45, 2.75) is 0 Å². The maximum Gasteiger partial charge on any atom is 0.360 e. The largest absolute Gasteiger partial charge is 0.494 e. The molecule has 1 aromatic rings. The van der Waals surface area contributed by atoms with Crippen molar-refractivity contribution in [3.8, 4) is 5.75 Å². The average molecular weight is 239 g/mol. The van der Waals surface area contributed by atoms with Crippen LogP contribution in [0.3, 0.4) is 0 Å². The fourth-order valence-corrected chi connectivity index (χ4v) is 1.62. The highest BCUT2D eigenvalue weighted by Gasteiger charge is 2.18. The van der Waals surface area contributed by atoms with Gasteiger partial charge < -0.3 is 19.5 Å². The highest BCUT2D eigenvalue weighted by molar-refractivity contribution is 5.88. The van der Waals surface area contributed by atoms with Crippen molar-refractivity contribution in [1.82, 2.24) is 10.2 Å². The predicted octanol–water partition coefficient (Wildman–Crippen LogP) is 0.0200. The Kier molecular flexibility index (Phi) is 3.38. The maximum absolute atomic E-state index is 10.9. The van der Waals surface area contributed by atoms with Crippen molar-refractivity contribution in [2.75, 3.05) is 38.3 Å². The number of carboxylic acid groups (broad SMARTS) is 1. The lowest BCUT2D eigenvalue weighted by Gasteiger charge is -2.27. The zero-order valence-corrected chi connectivity index (χ0v) is 9.42. The van der Waals surface area contributed by atoms with E-state index in [2.05, 4.69) is 10.2 Å². The summed E-state index contributed by atoms with van der Waals surface area (Å²) in [6.07, 6.45) is 0. The van der Waals surface area contributed by atoms with E-state index in [4.69, 9.17) is 14.6 Å². The molecule has 1 aliphatic rings. The van der Waals surface area contributed by atoms with Gasteiger partial charge in [-0.3, -0.25) is 0 Å². The third kappa shape index (κ3) is 2.44. The number of ether oxygens (including phenoxy) is 2. The molecule has 0 aromatic carbocycles. The number of aromatic nitrogens is 2. The molecule has 0 bridgehead atoms. The number of methoxy groups -OCH3 is 1. The molecule has 0 amide bonds. The van der Waals surface area contributed by atoms with Gasteiger partial charge in [0.05, 0.1) is 20.3 Å². The van der Waals surface area contributed by atoms with Gasteiger partial charge in [0.25, 0.3) is 0 Å². The van der Waals surface area contributed by atoms with E-state index in [1.54, 1.807) is 6.07 Å². The van der Waals surface area contributed by atoms with Gasteiger partial charge >= 0.3 is 5.97 Å². The Balaban J connectivity index is 2.27. The Morgan fingerprint density at radius 1 is 1.47 bits per heavy atom. The smallest absolute Gasteiger partial charge is 0.360 e. The molecule has 0 radical (unpaired) electrons. The zero-order chi connectivity index (χ0) is 12.3. The molecule has 1 aromatic heterocycles. The summed E-state index contributed by atoms with van der Waals surface area (Å²) in [4.78, 5) is 12.8. The SMILES string of the molecule is COc1cc(N2CCOCC2)nnc1C(=O)O. The minimum absolute atomic E-state index is 0.176. The average Bonchev–Trinajstić information content (AvgIpc) is 2.39. The molecule has 1 aliphatic heterocycles. The summed E-state index contributed by atoms with van der Waals surface area (Å²) in [6.45, 7) is 2.68. The second-order valence-corrected chi connectivity index (χ2v) is 3.52. The van der Waals surface area contributed by atoms with Crippen molar-refractivity contribution < 1.29 is 19.4 Å². The number of carbonyl (C=O) groups is 1. The molecule has 0 aliphatic carbocycles. The van der Waals surface area contributed by atoms with Gasteiger partial charge in [-0.2, -0.15) is 0 Å². The van der Waals surface area contributed by atoms with Crippen LogP contribution in [0.5, 0.6) is 5.75 Å². The first kappa shape index (κ1) is 11.6. The van der Waals surface area contributed by atoms with Crippen molar-refractivity contribution in [2.24, 2.45) is 0 Å². The molecule has 17 heavy (non-hydrogen) atoms. The number of rotatable bonds is 3. The summed E-state index contributed by atoms with van der Waals surface area (Å²) in [5, 5.41) is 16.4. The van der Waals surface area contributed by atoms with Crippen LogP contribution >= 0.6 is 0 Å². The number of hydrogen-bond donors (Lipinski definition) is 1. The topological polar surface area (TPSA) is 84.8 Å². The van der Waals surface area contributed by atoms with Gasteiger partial charge in [-0.25, -0.2) is 4.79 Å². The quantitative estimate of drug-likeness (QED) is 0.795. The molecule has 0 unspecified atom stereocenters. The van der Waals surface area contributed by atoms with Crippen LogP contribution in [0.25, 0.3) is 0 Å². The molecular formula is C10H13N3O4. The molecule has 0 atom stereocenters. The molecule has 7 heteroatoms. The van der Waals surface area contributed by atoms with E-state index in [0.29, 0.717) is 32.1 Å². The van der Waals surface area contributed by atoms with Crippen LogP contribution in [0, 0.1) is 0 Å².